The number of hydrogen-bond donors (Lipinski definition) is 0. The van der Waals surface area contributed by atoms with Crippen LogP contribution in [0.3, 0.4) is 0 Å². The number of benzene rings is 2. The zero-order chi connectivity index (χ0) is 14.5. The molecule has 20 heavy (non-hydrogen) atoms. The van der Waals surface area contributed by atoms with Crippen molar-refractivity contribution in [3.8, 4) is 23.3 Å². The van der Waals surface area contributed by atoms with Gasteiger partial charge < -0.3 is 9.47 Å². The molecule has 0 fully saturated rings. The summed E-state index contributed by atoms with van der Waals surface area (Å²) >= 11 is 9.35. The van der Waals surface area contributed by atoms with E-state index in [9.17, 15) is 0 Å². The number of halogens is 2. The lowest BCUT2D eigenvalue weighted by atomic mass is 10.2. The number of hydrogen-bond acceptors (Lipinski definition) is 3. The van der Waals surface area contributed by atoms with Crippen LogP contribution in [0.15, 0.2) is 36.4 Å². The van der Waals surface area contributed by atoms with E-state index in [0.29, 0.717) is 33.2 Å². The van der Waals surface area contributed by atoms with Gasteiger partial charge >= 0.3 is 0 Å². The van der Waals surface area contributed by atoms with E-state index in [1.54, 1.807) is 37.4 Å². The molecule has 0 aliphatic carbocycles. The molecule has 102 valence electrons. The van der Waals surface area contributed by atoms with Gasteiger partial charge in [-0.25, -0.2) is 0 Å². The van der Waals surface area contributed by atoms with Crippen LogP contribution in [0.2, 0.25) is 5.02 Å². The standard InChI is InChI=1S/C15H11BrClNO2/c1-19-13-4-10(9-18)5-14(7-13)20-15-3-2-12(17)6-11(15)8-16/h2-7H,8H2,1H3. The Bertz CT molecular complexity index is 667. The first-order chi connectivity index (χ1) is 9.66. The van der Waals surface area contributed by atoms with Crippen LogP contribution in [-0.4, -0.2) is 7.11 Å². The van der Waals surface area contributed by atoms with Crippen molar-refractivity contribution in [1.29, 1.82) is 5.26 Å². The average Bonchev–Trinajstić information content (AvgIpc) is 2.48. The zero-order valence-corrected chi connectivity index (χ0v) is 13.0. The van der Waals surface area contributed by atoms with E-state index in [4.69, 9.17) is 26.3 Å². The summed E-state index contributed by atoms with van der Waals surface area (Å²) in [6.07, 6.45) is 0. The predicted molar refractivity (Wildman–Crippen MR) is 81.9 cm³/mol. The van der Waals surface area contributed by atoms with Crippen LogP contribution in [0.25, 0.3) is 0 Å². The summed E-state index contributed by atoms with van der Waals surface area (Å²) in [5, 5.41) is 10.3. The fourth-order valence-electron chi connectivity index (χ4n) is 1.69. The number of nitrogens with zero attached hydrogens (tertiary/aromatic N) is 1. The average molecular weight is 353 g/mol. The second-order valence-corrected chi connectivity index (χ2v) is 4.99. The van der Waals surface area contributed by atoms with Crippen LogP contribution in [0.4, 0.5) is 0 Å². The Labute approximate surface area is 130 Å². The summed E-state index contributed by atoms with van der Waals surface area (Å²) < 4.78 is 11.0. The minimum absolute atomic E-state index is 0.480. The van der Waals surface area contributed by atoms with Gasteiger partial charge in [0, 0.05) is 22.0 Å². The minimum atomic E-state index is 0.480. The van der Waals surface area contributed by atoms with Crippen molar-refractivity contribution < 1.29 is 9.47 Å². The summed E-state index contributed by atoms with van der Waals surface area (Å²) in [6, 6.07) is 12.5. The van der Waals surface area contributed by atoms with Crippen LogP contribution < -0.4 is 9.47 Å². The van der Waals surface area contributed by atoms with Crippen molar-refractivity contribution in [1.82, 2.24) is 0 Å². The molecular weight excluding hydrogens is 342 g/mol. The molecule has 3 nitrogen and oxygen atoms in total. The van der Waals surface area contributed by atoms with Crippen molar-refractivity contribution in [2.45, 2.75) is 5.33 Å². The molecule has 0 amide bonds. The summed E-state index contributed by atoms with van der Waals surface area (Å²) in [5.41, 5.74) is 1.41. The second kappa shape index (κ2) is 6.65. The van der Waals surface area contributed by atoms with E-state index in [-0.39, 0.29) is 0 Å². The number of rotatable bonds is 4. The Balaban J connectivity index is 2.37. The maximum absolute atomic E-state index is 9.00. The third kappa shape index (κ3) is 3.44. The molecular formula is C15H11BrClNO2. The van der Waals surface area contributed by atoms with Crippen LogP contribution >= 0.6 is 27.5 Å². The molecule has 0 unspecified atom stereocenters. The molecule has 2 rings (SSSR count). The predicted octanol–water partition coefficient (Wildman–Crippen LogP) is 4.91. The van der Waals surface area contributed by atoms with Crippen molar-refractivity contribution in [3.05, 3.63) is 52.5 Å². The van der Waals surface area contributed by atoms with Gasteiger partial charge in [0.1, 0.15) is 17.2 Å². The highest BCUT2D eigenvalue weighted by molar-refractivity contribution is 9.08. The fraction of sp³-hybridized carbons (Fsp3) is 0.133. The molecule has 5 heteroatoms. The third-order valence-corrected chi connectivity index (χ3v) is 3.48. The second-order valence-electron chi connectivity index (χ2n) is 4.00. The quantitative estimate of drug-likeness (QED) is 0.734. The summed E-state index contributed by atoms with van der Waals surface area (Å²) in [5.74, 6) is 1.81. The molecule has 2 aromatic rings. The molecule has 0 heterocycles. The molecule has 0 spiro atoms. The lowest BCUT2D eigenvalue weighted by Crippen LogP contribution is -1.92. The first-order valence-electron chi connectivity index (χ1n) is 5.77. The van der Waals surface area contributed by atoms with Crippen molar-refractivity contribution in [3.63, 3.8) is 0 Å². The van der Waals surface area contributed by atoms with E-state index in [1.165, 1.54) is 0 Å². The maximum Gasteiger partial charge on any atom is 0.132 e. The monoisotopic (exact) mass is 351 g/mol. The fourth-order valence-corrected chi connectivity index (χ4v) is 2.32. The van der Waals surface area contributed by atoms with Gasteiger partial charge in [-0.1, -0.05) is 27.5 Å². The number of nitriles is 1. The Morgan fingerprint density at radius 3 is 2.60 bits per heavy atom. The van der Waals surface area contributed by atoms with E-state index < -0.39 is 0 Å². The van der Waals surface area contributed by atoms with Gasteiger partial charge in [-0.15, -0.1) is 0 Å². The number of alkyl halides is 1. The number of methoxy groups -OCH3 is 1. The van der Waals surface area contributed by atoms with E-state index in [1.807, 2.05) is 6.07 Å². The molecule has 0 aromatic heterocycles. The van der Waals surface area contributed by atoms with E-state index in [2.05, 4.69) is 22.0 Å². The van der Waals surface area contributed by atoms with Gasteiger partial charge in [0.2, 0.25) is 0 Å². The minimum Gasteiger partial charge on any atom is -0.497 e. The van der Waals surface area contributed by atoms with Gasteiger partial charge in [-0.2, -0.15) is 5.26 Å². The molecule has 0 aliphatic heterocycles. The van der Waals surface area contributed by atoms with Crippen LogP contribution in [0.5, 0.6) is 17.2 Å². The third-order valence-electron chi connectivity index (χ3n) is 2.64. The van der Waals surface area contributed by atoms with Crippen molar-refractivity contribution in [2.24, 2.45) is 0 Å². The molecule has 2 aromatic carbocycles. The van der Waals surface area contributed by atoms with Crippen LogP contribution in [0, 0.1) is 11.3 Å². The Hall–Kier alpha value is -1.70. The van der Waals surface area contributed by atoms with Crippen LogP contribution in [0.1, 0.15) is 11.1 Å². The first kappa shape index (κ1) is 14.7. The largest absolute Gasteiger partial charge is 0.497 e. The summed E-state index contributed by atoms with van der Waals surface area (Å²) in [7, 11) is 1.55. The zero-order valence-electron chi connectivity index (χ0n) is 10.7. The summed E-state index contributed by atoms with van der Waals surface area (Å²) in [6.45, 7) is 0. The van der Waals surface area contributed by atoms with E-state index in [0.717, 1.165) is 5.56 Å². The highest BCUT2D eigenvalue weighted by Crippen LogP contribution is 2.31. The number of ether oxygens (including phenoxy) is 2. The van der Waals surface area contributed by atoms with Crippen molar-refractivity contribution in [2.75, 3.05) is 7.11 Å². The molecule has 0 atom stereocenters. The SMILES string of the molecule is COc1cc(C#N)cc(Oc2ccc(Cl)cc2CBr)c1. The molecule has 0 bridgehead atoms. The first-order valence-corrected chi connectivity index (χ1v) is 7.27. The van der Waals surface area contributed by atoms with Gasteiger partial charge in [-0.3, -0.25) is 0 Å². The molecule has 0 aliphatic rings. The van der Waals surface area contributed by atoms with Gasteiger partial charge in [0.25, 0.3) is 0 Å². The lowest BCUT2D eigenvalue weighted by Gasteiger charge is -2.11. The Kier molecular flexibility index (Phi) is 4.89. The normalized spacial score (nSPS) is 9.90. The molecule has 0 saturated heterocycles. The highest BCUT2D eigenvalue weighted by atomic mass is 79.9. The smallest absolute Gasteiger partial charge is 0.132 e. The Morgan fingerprint density at radius 1 is 1.20 bits per heavy atom. The molecule has 0 radical (unpaired) electrons. The Morgan fingerprint density at radius 2 is 1.95 bits per heavy atom. The lowest BCUT2D eigenvalue weighted by molar-refractivity contribution is 0.408. The highest BCUT2D eigenvalue weighted by Gasteiger charge is 2.07. The summed E-state index contributed by atoms with van der Waals surface area (Å²) in [4.78, 5) is 0. The van der Waals surface area contributed by atoms with Crippen molar-refractivity contribution >= 4 is 27.5 Å². The van der Waals surface area contributed by atoms with Crippen LogP contribution in [-0.2, 0) is 5.33 Å². The van der Waals surface area contributed by atoms with Gasteiger partial charge in [0.05, 0.1) is 18.7 Å². The topological polar surface area (TPSA) is 42.2 Å². The maximum atomic E-state index is 9.00. The van der Waals surface area contributed by atoms with Gasteiger partial charge in [-0.05, 0) is 30.3 Å². The van der Waals surface area contributed by atoms with Gasteiger partial charge in [0.15, 0.2) is 0 Å². The van der Waals surface area contributed by atoms with E-state index >= 15 is 0 Å². The molecule has 0 N–H and O–H groups in total. The molecule has 0 saturated carbocycles.